The summed E-state index contributed by atoms with van der Waals surface area (Å²) in [6.07, 6.45) is 13.9. The molecule has 0 aromatic heterocycles. The molecule has 3 nitrogen and oxygen atoms in total. The highest BCUT2D eigenvalue weighted by atomic mass is 16.5. The number of allylic oxidation sites excluding steroid dienone is 4. The number of hydrogen-bond donors (Lipinski definition) is 1. The average Bonchev–Trinajstić information content (AvgIpc) is 2.30. The average molecular weight is 223 g/mol. The molecular weight excluding hydrogens is 202 g/mol. The van der Waals surface area contributed by atoms with Crippen molar-refractivity contribution in [3.8, 4) is 0 Å². The largest absolute Gasteiger partial charge is 0.495 e. The SMILES string of the molecule is CO/C1=C\C=C/CCCCCCCC1=NO. The lowest BCUT2D eigenvalue weighted by Gasteiger charge is -2.08. The van der Waals surface area contributed by atoms with E-state index >= 15 is 0 Å². The second-order valence-corrected chi connectivity index (χ2v) is 4.02. The van der Waals surface area contributed by atoms with Crippen molar-refractivity contribution in [2.45, 2.75) is 44.9 Å². The first-order chi connectivity index (χ1) is 7.88. The smallest absolute Gasteiger partial charge is 0.143 e. The summed E-state index contributed by atoms with van der Waals surface area (Å²) in [5.41, 5.74) is 0.646. The molecule has 90 valence electrons. The zero-order valence-electron chi connectivity index (χ0n) is 9.98. The fourth-order valence-corrected chi connectivity index (χ4v) is 1.84. The van der Waals surface area contributed by atoms with E-state index in [1.807, 2.05) is 12.2 Å². The van der Waals surface area contributed by atoms with E-state index in [-0.39, 0.29) is 0 Å². The summed E-state index contributed by atoms with van der Waals surface area (Å²) in [4.78, 5) is 0. The van der Waals surface area contributed by atoms with Gasteiger partial charge in [0.15, 0.2) is 0 Å². The molecule has 16 heavy (non-hydrogen) atoms. The van der Waals surface area contributed by atoms with Gasteiger partial charge in [0.05, 0.1) is 7.11 Å². The summed E-state index contributed by atoms with van der Waals surface area (Å²) in [5, 5.41) is 12.3. The summed E-state index contributed by atoms with van der Waals surface area (Å²) < 4.78 is 5.22. The van der Waals surface area contributed by atoms with Gasteiger partial charge in [0, 0.05) is 0 Å². The first-order valence-corrected chi connectivity index (χ1v) is 6.00. The number of ether oxygens (including phenoxy) is 1. The lowest BCUT2D eigenvalue weighted by molar-refractivity contribution is 0.292. The maximum atomic E-state index is 8.94. The van der Waals surface area contributed by atoms with Gasteiger partial charge in [-0.25, -0.2) is 0 Å². The third kappa shape index (κ3) is 4.51. The molecule has 0 saturated carbocycles. The van der Waals surface area contributed by atoms with E-state index in [2.05, 4.69) is 11.2 Å². The predicted molar refractivity (Wildman–Crippen MR) is 65.8 cm³/mol. The Morgan fingerprint density at radius 2 is 1.94 bits per heavy atom. The van der Waals surface area contributed by atoms with Crippen molar-refractivity contribution in [1.82, 2.24) is 0 Å². The molecule has 1 aliphatic rings. The van der Waals surface area contributed by atoms with Crippen molar-refractivity contribution < 1.29 is 9.94 Å². The first-order valence-electron chi connectivity index (χ1n) is 6.00. The third-order valence-electron chi connectivity index (χ3n) is 2.79. The summed E-state index contributed by atoms with van der Waals surface area (Å²) in [6.45, 7) is 0. The van der Waals surface area contributed by atoms with Crippen molar-refractivity contribution in [3.63, 3.8) is 0 Å². The molecule has 1 aliphatic carbocycles. The minimum Gasteiger partial charge on any atom is -0.495 e. The van der Waals surface area contributed by atoms with Crippen LogP contribution in [0.2, 0.25) is 0 Å². The van der Waals surface area contributed by atoms with Crippen LogP contribution in [0, 0.1) is 0 Å². The van der Waals surface area contributed by atoms with Crippen LogP contribution in [0.15, 0.2) is 29.1 Å². The zero-order chi connectivity index (χ0) is 11.6. The van der Waals surface area contributed by atoms with Gasteiger partial charge in [-0.1, -0.05) is 36.6 Å². The van der Waals surface area contributed by atoms with E-state index in [1.54, 1.807) is 7.11 Å². The van der Waals surface area contributed by atoms with Gasteiger partial charge >= 0.3 is 0 Å². The van der Waals surface area contributed by atoms with Crippen LogP contribution in [0.3, 0.4) is 0 Å². The molecule has 0 atom stereocenters. The van der Waals surface area contributed by atoms with Crippen LogP contribution in [0.5, 0.6) is 0 Å². The third-order valence-corrected chi connectivity index (χ3v) is 2.79. The van der Waals surface area contributed by atoms with Gasteiger partial charge in [0.1, 0.15) is 11.5 Å². The minimum atomic E-state index is 0.646. The van der Waals surface area contributed by atoms with Gasteiger partial charge in [-0.2, -0.15) is 0 Å². The monoisotopic (exact) mass is 223 g/mol. The number of oxime groups is 1. The Balaban J connectivity index is 2.71. The Morgan fingerprint density at radius 1 is 1.19 bits per heavy atom. The summed E-state index contributed by atoms with van der Waals surface area (Å²) in [6, 6.07) is 0. The van der Waals surface area contributed by atoms with Crippen LogP contribution >= 0.6 is 0 Å². The molecule has 0 radical (unpaired) electrons. The Morgan fingerprint density at radius 3 is 2.69 bits per heavy atom. The Hall–Kier alpha value is -1.25. The van der Waals surface area contributed by atoms with Crippen LogP contribution in [0.25, 0.3) is 0 Å². The molecule has 0 heterocycles. The van der Waals surface area contributed by atoms with Gasteiger partial charge in [-0.3, -0.25) is 0 Å². The topological polar surface area (TPSA) is 41.8 Å². The maximum absolute atomic E-state index is 8.94. The summed E-state index contributed by atoms with van der Waals surface area (Å²) >= 11 is 0. The molecule has 3 heteroatoms. The van der Waals surface area contributed by atoms with Crippen molar-refractivity contribution in [1.29, 1.82) is 0 Å². The Labute approximate surface area is 97.5 Å². The molecule has 0 bridgehead atoms. The van der Waals surface area contributed by atoms with E-state index in [9.17, 15) is 0 Å². The molecule has 0 aromatic rings. The first kappa shape index (κ1) is 12.8. The van der Waals surface area contributed by atoms with Crippen LogP contribution in [-0.2, 0) is 4.74 Å². The van der Waals surface area contributed by atoms with Crippen LogP contribution in [-0.4, -0.2) is 18.0 Å². The van der Waals surface area contributed by atoms with E-state index < -0.39 is 0 Å². The molecule has 0 unspecified atom stereocenters. The molecule has 0 saturated heterocycles. The Kier molecular flexibility index (Phi) is 6.38. The molecule has 0 fully saturated rings. The molecule has 0 spiro atoms. The molecule has 1 N–H and O–H groups in total. The van der Waals surface area contributed by atoms with Crippen molar-refractivity contribution in [3.05, 3.63) is 24.0 Å². The summed E-state index contributed by atoms with van der Waals surface area (Å²) in [7, 11) is 1.61. The highest BCUT2D eigenvalue weighted by Crippen LogP contribution is 2.13. The Bertz CT molecular complexity index is 280. The van der Waals surface area contributed by atoms with Crippen molar-refractivity contribution in [2.24, 2.45) is 5.16 Å². The van der Waals surface area contributed by atoms with E-state index in [1.165, 1.54) is 25.7 Å². The maximum Gasteiger partial charge on any atom is 0.143 e. The van der Waals surface area contributed by atoms with Gasteiger partial charge in [-0.05, 0) is 31.8 Å². The van der Waals surface area contributed by atoms with Crippen LogP contribution in [0.4, 0.5) is 0 Å². The van der Waals surface area contributed by atoms with Crippen LogP contribution < -0.4 is 0 Å². The van der Waals surface area contributed by atoms with Gasteiger partial charge in [0.25, 0.3) is 0 Å². The molecule has 0 amide bonds. The predicted octanol–water partition coefficient (Wildman–Crippen LogP) is 3.65. The standard InChI is InChI=1S/C13H21NO2/c1-16-13-11-9-7-5-3-2-4-6-8-10-12(13)14-15/h7,9,11,15H,2-6,8,10H2,1H3/b9-7-,13-11-,14-12?. The van der Waals surface area contributed by atoms with Gasteiger partial charge < -0.3 is 9.94 Å². The zero-order valence-corrected chi connectivity index (χ0v) is 9.98. The lowest BCUT2D eigenvalue weighted by atomic mass is 10.0. The van der Waals surface area contributed by atoms with E-state index in [0.717, 1.165) is 19.3 Å². The highest BCUT2D eigenvalue weighted by Gasteiger charge is 2.07. The number of nitrogens with zero attached hydrogens (tertiary/aromatic N) is 1. The normalized spacial score (nSPS) is 27.3. The second kappa shape index (κ2) is 7.97. The van der Waals surface area contributed by atoms with Crippen molar-refractivity contribution >= 4 is 5.71 Å². The molecule has 0 aromatic carbocycles. The molecule has 0 aliphatic heterocycles. The van der Waals surface area contributed by atoms with Crippen LogP contribution in [0.1, 0.15) is 44.9 Å². The fraction of sp³-hybridized carbons (Fsp3) is 0.615. The molecule has 1 rings (SSSR count). The fourth-order valence-electron chi connectivity index (χ4n) is 1.84. The molecular formula is C13H21NO2. The quantitative estimate of drug-likeness (QED) is 0.544. The summed E-state index contributed by atoms with van der Waals surface area (Å²) in [5.74, 6) is 0.666. The van der Waals surface area contributed by atoms with E-state index in [0.29, 0.717) is 11.5 Å². The minimum absolute atomic E-state index is 0.646. The number of hydrogen-bond acceptors (Lipinski definition) is 3. The van der Waals surface area contributed by atoms with Crippen molar-refractivity contribution in [2.75, 3.05) is 7.11 Å². The number of methoxy groups -OCH3 is 1. The number of rotatable bonds is 1. The highest BCUT2D eigenvalue weighted by molar-refractivity contribution is 5.98. The van der Waals surface area contributed by atoms with Gasteiger partial charge in [-0.15, -0.1) is 0 Å². The van der Waals surface area contributed by atoms with Gasteiger partial charge in [0.2, 0.25) is 0 Å². The lowest BCUT2D eigenvalue weighted by Crippen LogP contribution is -2.05. The van der Waals surface area contributed by atoms with E-state index in [4.69, 9.17) is 9.94 Å². The second-order valence-electron chi connectivity index (χ2n) is 4.02.